The zero-order valence-corrected chi connectivity index (χ0v) is 32.5. The fourth-order valence-corrected chi connectivity index (χ4v) is 12.2. The van der Waals surface area contributed by atoms with Crippen LogP contribution in [0.25, 0.3) is 0 Å². The summed E-state index contributed by atoms with van der Waals surface area (Å²) >= 11 is 0. The largest absolute Gasteiger partial charge is 0.504 e. The molecular weight excluding hydrogens is 688 g/mol. The molecule has 1 amide bonds. The van der Waals surface area contributed by atoms with E-state index in [0.717, 1.165) is 94.8 Å². The smallest absolute Gasteiger partial charge is 0.332 e. The number of carbonyl (C=O) groups is 3. The van der Waals surface area contributed by atoms with Gasteiger partial charge in [-0.2, -0.15) is 0 Å². The normalized spacial score (nSPS) is 31.4. The van der Waals surface area contributed by atoms with Crippen LogP contribution in [-0.2, 0) is 23.9 Å². The minimum atomic E-state index is -1.07. The van der Waals surface area contributed by atoms with Crippen LogP contribution in [0.2, 0.25) is 0 Å². The number of rotatable bonds is 13. The summed E-state index contributed by atoms with van der Waals surface area (Å²) in [7, 11) is 0. The molecule has 300 valence electrons. The predicted octanol–water partition coefficient (Wildman–Crippen LogP) is 5.91. The molecule has 11 heteroatoms. The van der Waals surface area contributed by atoms with Gasteiger partial charge in [0.1, 0.15) is 17.7 Å². The van der Waals surface area contributed by atoms with Gasteiger partial charge in [0.15, 0.2) is 11.5 Å². The Balaban J connectivity index is 1.30. The van der Waals surface area contributed by atoms with Gasteiger partial charge in [-0.1, -0.05) is 31.7 Å². The summed E-state index contributed by atoms with van der Waals surface area (Å²) in [5, 5.41) is 38.8. The molecule has 1 aromatic rings. The quantitative estimate of drug-likeness (QED) is 0.153. The monoisotopic (exact) mass is 752 g/mol. The van der Waals surface area contributed by atoms with E-state index < -0.39 is 35.2 Å². The van der Waals surface area contributed by atoms with E-state index in [9.17, 15) is 29.7 Å². The van der Waals surface area contributed by atoms with Gasteiger partial charge in [-0.05, 0) is 126 Å². The third-order valence-electron chi connectivity index (χ3n) is 14.9. The number of phenolic OH excluding ortho intramolecular Hbond substituents is 1. The van der Waals surface area contributed by atoms with Gasteiger partial charge in [0.25, 0.3) is 0 Å². The number of fused-ring (bicyclic) bond motifs is 1. The Hall–Kier alpha value is -2.89. The van der Waals surface area contributed by atoms with Gasteiger partial charge in [0.05, 0.1) is 12.7 Å². The molecule has 4 fully saturated rings. The summed E-state index contributed by atoms with van der Waals surface area (Å²) in [6.07, 6.45) is 12.0. The third-order valence-corrected chi connectivity index (χ3v) is 14.9. The van der Waals surface area contributed by atoms with Crippen molar-refractivity contribution >= 4 is 17.8 Å². The Labute approximate surface area is 320 Å². The van der Waals surface area contributed by atoms with Gasteiger partial charge in [0, 0.05) is 48.7 Å². The molecule has 0 radical (unpaired) electrons. The van der Waals surface area contributed by atoms with Gasteiger partial charge < -0.3 is 40.2 Å². The molecule has 54 heavy (non-hydrogen) atoms. The second-order valence-electron chi connectivity index (χ2n) is 17.9. The molecule has 0 aromatic heterocycles. The van der Waals surface area contributed by atoms with Crippen LogP contribution in [0.5, 0.6) is 11.5 Å². The van der Waals surface area contributed by atoms with Gasteiger partial charge in [0.2, 0.25) is 5.91 Å². The average molecular weight is 753 g/mol. The number of nitrogens with one attached hydrogen (secondary N) is 2. The molecule has 11 nitrogen and oxygen atoms in total. The maximum atomic E-state index is 14.9. The molecule has 3 aliphatic carbocycles. The van der Waals surface area contributed by atoms with Crippen LogP contribution in [0.4, 0.5) is 0 Å². The molecule has 1 aromatic carbocycles. The Bertz CT molecular complexity index is 1520. The average Bonchev–Trinajstić information content (AvgIpc) is 3.66. The van der Waals surface area contributed by atoms with E-state index in [1.807, 2.05) is 0 Å². The number of piperidine rings is 2. The van der Waals surface area contributed by atoms with Crippen molar-refractivity contribution in [2.75, 3.05) is 26.3 Å². The SMILES string of the molecule is CC(=O)O[C@H](CCC[C@H](C)O)C[C@@H](OC(=O)[C@@]12CCCC[C@@H]1CCC(=O)N2)C1([C@H]2CC[C@@H]3c4c2ccc(O)c4OC[C@@H]3C2(CO)CCCC2)CCNCC1. The second-order valence-corrected chi connectivity index (χ2v) is 17.9. The van der Waals surface area contributed by atoms with Gasteiger partial charge >= 0.3 is 11.9 Å². The number of amides is 1. The van der Waals surface area contributed by atoms with Crippen LogP contribution >= 0.6 is 0 Å². The van der Waals surface area contributed by atoms with Crippen LogP contribution < -0.4 is 15.4 Å². The number of phenols is 1. The fourth-order valence-electron chi connectivity index (χ4n) is 12.2. The second kappa shape index (κ2) is 16.3. The third kappa shape index (κ3) is 7.38. The number of ether oxygens (including phenoxy) is 3. The van der Waals surface area contributed by atoms with Crippen LogP contribution in [-0.4, -0.2) is 83.3 Å². The highest BCUT2D eigenvalue weighted by Crippen LogP contribution is 2.63. The standard InChI is InChI=1S/C43H64N2O9/c1-27(47)8-7-10-30(53-28(2)48)24-36(54-40(51)43-19-4-3-9-29(43)11-16-37(50)45-43)42(20-22-44-23-21-42)33-14-12-32-34(41(26-46)17-5-6-18-41)25-52-39-35(49)15-13-31(33)38(32)39/h13,15,27,29-30,32-34,36,44,46-47,49H,3-12,14,16-26H2,1-2H3,(H,45,50)/t27-,29+,30+,32-,33-,34-,36+,43+/m0/s1. The lowest BCUT2D eigenvalue weighted by Gasteiger charge is -2.54. The minimum Gasteiger partial charge on any atom is -0.504 e. The fraction of sp³-hybridized carbons (Fsp3) is 0.791. The summed E-state index contributed by atoms with van der Waals surface area (Å²) in [5.74, 6) is 0.0368. The zero-order chi connectivity index (χ0) is 38.1. The highest BCUT2D eigenvalue weighted by atomic mass is 16.6. The Morgan fingerprint density at radius 1 is 0.981 bits per heavy atom. The maximum absolute atomic E-state index is 14.9. The Kier molecular flexibility index (Phi) is 11.9. The number of carbonyl (C=O) groups excluding carboxylic acids is 3. The first-order valence-corrected chi connectivity index (χ1v) is 21.2. The van der Waals surface area contributed by atoms with Gasteiger partial charge in [-0.25, -0.2) is 4.79 Å². The van der Waals surface area contributed by atoms with Crippen LogP contribution in [0, 0.1) is 22.7 Å². The van der Waals surface area contributed by atoms with Crippen molar-refractivity contribution in [2.24, 2.45) is 22.7 Å². The molecule has 2 saturated heterocycles. The summed E-state index contributed by atoms with van der Waals surface area (Å²) in [5.41, 5.74) is 0.346. The molecule has 6 aliphatic rings. The molecule has 0 unspecified atom stereocenters. The molecule has 5 N–H and O–H groups in total. The van der Waals surface area contributed by atoms with E-state index in [4.69, 9.17) is 14.2 Å². The Morgan fingerprint density at radius 3 is 2.46 bits per heavy atom. The predicted molar refractivity (Wildman–Crippen MR) is 202 cm³/mol. The van der Waals surface area contributed by atoms with Crippen molar-refractivity contribution in [1.82, 2.24) is 10.6 Å². The van der Waals surface area contributed by atoms with Crippen molar-refractivity contribution in [3.63, 3.8) is 0 Å². The lowest BCUT2D eigenvalue weighted by atomic mass is 9.54. The topological polar surface area (TPSA) is 164 Å². The minimum absolute atomic E-state index is 0.0134. The number of hydrogen-bond donors (Lipinski definition) is 5. The number of esters is 2. The number of aliphatic hydroxyl groups is 2. The van der Waals surface area contributed by atoms with E-state index in [0.29, 0.717) is 57.3 Å². The van der Waals surface area contributed by atoms with E-state index in [1.165, 1.54) is 6.92 Å². The van der Waals surface area contributed by atoms with E-state index >= 15 is 0 Å². The van der Waals surface area contributed by atoms with E-state index in [2.05, 4.69) is 16.7 Å². The maximum Gasteiger partial charge on any atom is 0.332 e. The molecule has 2 saturated carbocycles. The Morgan fingerprint density at radius 2 is 1.74 bits per heavy atom. The molecule has 0 spiro atoms. The number of aromatic hydroxyl groups is 1. The summed E-state index contributed by atoms with van der Waals surface area (Å²) in [6.45, 7) is 5.23. The van der Waals surface area contributed by atoms with Crippen molar-refractivity contribution < 1.29 is 43.9 Å². The highest BCUT2D eigenvalue weighted by molar-refractivity contribution is 5.90. The number of aliphatic hydroxyl groups excluding tert-OH is 2. The van der Waals surface area contributed by atoms with Crippen molar-refractivity contribution in [3.05, 3.63) is 23.3 Å². The molecule has 0 bridgehead atoms. The molecule has 3 heterocycles. The van der Waals surface area contributed by atoms with Gasteiger partial charge in [-0.15, -0.1) is 0 Å². The molecular formula is C43H64N2O9. The summed E-state index contributed by atoms with van der Waals surface area (Å²) < 4.78 is 19.5. The van der Waals surface area contributed by atoms with E-state index in [1.54, 1.807) is 13.0 Å². The first-order chi connectivity index (χ1) is 26.0. The van der Waals surface area contributed by atoms with E-state index in [-0.39, 0.29) is 53.3 Å². The lowest BCUT2D eigenvalue weighted by Crippen LogP contribution is -2.65. The zero-order valence-electron chi connectivity index (χ0n) is 32.5. The highest BCUT2D eigenvalue weighted by Gasteiger charge is 2.58. The molecule has 8 atom stereocenters. The number of hydrogen-bond acceptors (Lipinski definition) is 10. The van der Waals surface area contributed by atoms with Crippen molar-refractivity contribution in [1.29, 1.82) is 0 Å². The van der Waals surface area contributed by atoms with Crippen molar-refractivity contribution in [3.8, 4) is 11.5 Å². The van der Waals surface area contributed by atoms with Crippen LogP contribution in [0.1, 0.15) is 152 Å². The lowest BCUT2D eigenvalue weighted by molar-refractivity contribution is -0.180. The van der Waals surface area contributed by atoms with Crippen LogP contribution in [0.3, 0.4) is 0 Å². The van der Waals surface area contributed by atoms with Crippen molar-refractivity contribution in [2.45, 2.75) is 165 Å². The first kappa shape index (κ1) is 39.3. The summed E-state index contributed by atoms with van der Waals surface area (Å²) in [6, 6.07) is 3.81. The molecule has 3 aliphatic heterocycles. The van der Waals surface area contributed by atoms with Gasteiger partial charge in [-0.3, -0.25) is 9.59 Å². The summed E-state index contributed by atoms with van der Waals surface area (Å²) in [4.78, 5) is 40.5. The first-order valence-electron chi connectivity index (χ1n) is 21.2. The van der Waals surface area contributed by atoms with Crippen LogP contribution in [0.15, 0.2) is 12.1 Å². The number of benzene rings is 1. The molecule has 7 rings (SSSR count).